The molecule has 0 spiro atoms. The third kappa shape index (κ3) is 3.51. The smallest absolute Gasteiger partial charge is 0.320 e. The number of carbonyl (C=O) groups is 2. The van der Waals surface area contributed by atoms with E-state index in [1.54, 1.807) is 4.90 Å². The van der Waals surface area contributed by atoms with Gasteiger partial charge in [0, 0.05) is 6.54 Å². The minimum atomic E-state index is -0.820. The van der Waals surface area contributed by atoms with Crippen LogP contribution in [0, 0.1) is 0 Å². The second-order valence-corrected chi connectivity index (χ2v) is 3.77. The Hall–Kier alpha value is -1.10. The predicted molar refractivity (Wildman–Crippen MR) is 55.5 cm³/mol. The third-order valence-corrected chi connectivity index (χ3v) is 2.62. The number of aliphatic carboxylic acids is 1. The maximum absolute atomic E-state index is 11.3. The molecular weight excluding hydrogens is 196 g/mol. The van der Waals surface area contributed by atoms with Gasteiger partial charge in [0.1, 0.15) is 6.04 Å². The summed E-state index contributed by atoms with van der Waals surface area (Å²) < 4.78 is 0. The zero-order valence-electron chi connectivity index (χ0n) is 9.03. The first kappa shape index (κ1) is 12.0. The van der Waals surface area contributed by atoms with Crippen LogP contribution in [0.15, 0.2) is 0 Å². The van der Waals surface area contributed by atoms with Crippen molar-refractivity contribution in [1.82, 2.24) is 10.2 Å². The van der Waals surface area contributed by atoms with Gasteiger partial charge in [0.15, 0.2) is 0 Å². The van der Waals surface area contributed by atoms with Crippen molar-refractivity contribution >= 4 is 11.9 Å². The molecule has 0 aromatic rings. The number of likely N-dealkylation sites (N-methyl/N-ethyl adjacent to an activating group) is 1. The van der Waals surface area contributed by atoms with Crippen LogP contribution in [0.2, 0.25) is 0 Å². The fraction of sp³-hybridized carbons (Fsp3) is 0.800. The predicted octanol–water partition coefficient (Wildman–Crippen LogP) is 0.0616. The van der Waals surface area contributed by atoms with Crippen LogP contribution in [0.3, 0.4) is 0 Å². The van der Waals surface area contributed by atoms with Crippen molar-refractivity contribution in [2.24, 2.45) is 0 Å². The summed E-state index contributed by atoms with van der Waals surface area (Å²) in [5, 5.41) is 11.7. The summed E-state index contributed by atoms with van der Waals surface area (Å²) in [5.41, 5.74) is 0. The molecule has 15 heavy (non-hydrogen) atoms. The van der Waals surface area contributed by atoms with E-state index >= 15 is 0 Å². The van der Waals surface area contributed by atoms with Gasteiger partial charge in [-0.25, -0.2) is 0 Å². The van der Waals surface area contributed by atoms with E-state index in [1.165, 1.54) is 0 Å². The van der Waals surface area contributed by atoms with Gasteiger partial charge in [0.05, 0.1) is 6.54 Å². The number of carboxylic acid groups (broad SMARTS) is 1. The number of hydrogen-bond donors (Lipinski definition) is 2. The molecule has 5 nitrogen and oxygen atoms in total. The molecule has 0 aromatic heterocycles. The fourth-order valence-electron chi connectivity index (χ4n) is 1.90. The van der Waals surface area contributed by atoms with Gasteiger partial charge in [-0.1, -0.05) is 6.42 Å². The van der Waals surface area contributed by atoms with Gasteiger partial charge in [0.2, 0.25) is 5.91 Å². The molecular formula is C10H18N2O3. The molecule has 0 radical (unpaired) electrons. The van der Waals surface area contributed by atoms with Crippen LogP contribution >= 0.6 is 0 Å². The number of rotatable bonds is 4. The summed E-state index contributed by atoms with van der Waals surface area (Å²) in [5.74, 6) is -0.912. The highest BCUT2D eigenvalue weighted by molar-refractivity contribution is 5.79. The van der Waals surface area contributed by atoms with Gasteiger partial charge in [-0.15, -0.1) is 0 Å². The van der Waals surface area contributed by atoms with E-state index in [1.807, 2.05) is 6.92 Å². The lowest BCUT2D eigenvalue weighted by molar-refractivity contribution is -0.145. The Morgan fingerprint density at radius 1 is 1.47 bits per heavy atom. The first-order valence-electron chi connectivity index (χ1n) is 5.38. The number of hydrogen-bond acceptors (Lipinski definition) is 3. The monoisotopic (exact) mass is 214 g/mol. The average molecular weight is 214 g/mol. The summed E-state index contributed by atoms with van der Waals surface area (Å²) in [6.07, 6.45) is 2.56. The number of piperidine rings is 1. The summed E-state index contributed by atoms with van der Waals surface area (Å²) in [6, 6.07) is -0.485. The van der Waals surface area contributed by atoms with E-state index < -0.39 is 12.0 Å². The number of amides is 1. The van der Waals surface area contributed by atoms with E-state index in [2.05, 4.69) is 5.32 Å². The molecule has 1 amide bonds. The van der Waals surface area contributed by atoms with Gasteiger partial charge in [-0.05, 0) is 26.3 Å². The van der Waals surface area contributed by atoms with Crippen LogP contribution in [-0.4, -0.2) is 47.6 Å². The molecule has 0 aliphatic carbocycles. The molecule has 1 atom stereocenters. The molecule has 1 fully saturated rings. The Morgan fingerprint density at radius 3 is 2.80 bits per heavy atom. The SMILES string of the molecule is CCNC(=O)CN1CCCCC1C(=O)O. The van der Waals surface area contributed by atoms with Crippen molar-refractivity contribution in [3.8, 4) is 0 Å². The van der Waals surface area contributed by atoms with Crippen molar-refractivity contribution in [3.63, 3.8) is 0 Å². The quantitative estimate of drug-likeness (QED) is 0.694. The molecule has 0 bridgehead atoms. The molecule has 0 saturated carbocycles. The molecule has 1 rings (SSSR count). The normalized spacial score (nSPS) is 22.3. The van der Waals surface area contributed by atoms with E-state index in [0.717, 1.165) is 12.8 Å². The Balaban J connectivity index is 2.49. The largest absolute Gasteiger partial charge is 0.480 e. The van der Waals surface area contributed by atoms with Crippen molar-refractivity contribution in [1.29, 1.82) is 0 Å². The topological polar surface area (TPSA) is 69.6 Å². The molecule has 1 aliphatic rings. The zero-order valence-corrected chi connectivity index (χ0v) is 9.03. The summed E-state index contributed by atoms with van der Waals surface area (Å²) in [4.78, 5) is 24.0. The first-order valence-corrected chi connectivity index (χ1v) is 5.38. The Labute approximate surface area is 89.4 Å². The van der Waals surface area contributed by atoms with Gasteiger partial charge in [-0.3, -0.25) is 14.5 Å². The van der Waals surface area contributed by atoms with Gasteiger partial charge in [-0.2, -0.15) is 0 Å². The Bertz CT molecular complexity index is 243. The lowest BCUT2D eigenvalue weighted by Gasteiger charge is -2.32. The number of nitrogens with one attached hydrogen (secondary N) is 1. The number of nitrogens with zero attached hydrogens (tertiary/aromatic N) is 1. The lowest BCUT2D eigenvalue weighted by Crippen LogP contribution is -2.49. The highest BCUT2D eigenvalue weighted by Gasteiger charge is 2.29. The maximum atomic E-state index is 11.3. The Kier molecular flexibility index (Phi) is 4.55. The maximum Gasteiger partial charge on any atom is 0.320 e. The third-order valence-electron chi connectivity index (χ3n) is 2.62. The van der Waals surface area contributed by atoms with Crippen LogP contribution in [0.4, 0.5) is 0 Å². The molecule has 1 saturated heterocycles. The highest BCUT2D eigenvalue weighted by atomic mass is 16.4. The summed E-state index contributed by atoms with van der Waals surface area (Å²) in [7, 11) is 0. The second-order valence-electron chi connectivity index (χ2n) is 3.77. The van der Waals surface area contributed by atoms with Crippen molar-refractivity contribution in [2.75, 3.05) is 19.6 Å². The van der Waals surface area contributed by atoms with Crippen LogP contribution in [0.25, 0.3) is 0 Å². The van der Waals surface area contributed by atoms with Gasteiger partial charge >= 0.3 is 5.97 Å². The molecule has 0 aromatic carbocycles. The average Bonchev–Trinajstić information content (AvgIpc) is 2.18. The fourth-order valence-corrected chi connectivity index (χ4v) is 1.90. The Morgan fingerprint density at radius 2 is 2.20 bits per heavy atom. The van der Waals surface area contributed by atoms with E-state index in [0.29, 0.717) is 19.5 Å². The van der Waals surface area contributed by atoms with Gasteiger partial charge < -0.3 is 10.4 Å². The van der Waals surface area contributed by atoms with Crippen LogP contribution in [0.5, 0.6) is 0 Å². The zero-order chi connectivity index (χ0) is 11.3. The molecule has 1 unspecified atom stereocenters. The van der Waals surface area contributed by atoms with Crippen LogP contribution in [0.1, 0.15) is 26.2 Å². The molecule has 86 valence electrons. The summed E-state index contributed by atoms with van der Waals surface area (Å²) >= 11 is 0. The molecule has 5 heteroatoms. The molecule has 1 heterocycles. The lowest BCUT2D eigenvalue weighted by atomic mass is 10.0. The number of carbonyl (C=O) groups excluding carboxylic acids is 1. The van der Waals surface area contributed by atoms with Crippen molar-refractivity contribution < 1.29 is 14.7 Å². The standard InChI is InChI=1S/C10H18N2O3/c1-2-11-9(13)7-12-6-4-3-5-8(12)10(14)15/h8H,2-7H2,1H3,(H,11,13)(H,14,15). The minimum absolute atomic E-state index is 0.0920. The van der Waals surface area contributed by atoms with Crippen LogP contribution in [-0.2, 0) is 9.59 Å². The van der Waals surface area contributed by atoms with E-state index in [9.17, 15) is 9.59 Å². The summed E-state index contributed by atoms with van der Waals surface area (Å²) in [6.45, 7) is 3.34. The number of likely N-dealkylation sites (tertiary alicyclic amines) is 1. The minimum Gasteiger partial charge on any atom is -0.480 e. The van der Waals surface area contributed by atoms with Crippen molar-refractivity contribution in [3.05, 3.63) is 0 Å². The number of carboxylic acids is 1. The molecule has 1 aliphatic heterocycles. The second kappa shape index (κ2) is 5.70. The highest BCUT2D eigenvalue weighted by Crippen LogP contribution is 2.16. The first-order chi connectivity index (χ1) is 7.15. The van der Waals surface area contributed by atoms with E-state index in [-0.39, 0.29) is 12.5 Å². The van der Waals surface area contributed by atoms with Crippen LogP contribution < -0.4 is 5.32 Å². The van der Waals surface area contributed by atoms with Gasteiger partial charge in [0.25, 0.3) is 0 Å². The molecule has 2 N–H and O–H groups in total. The van der Waals surface area contributed by atoms with E-state index in [4.69, 9.17) is 5.11 Å². The van der Waals surface area contributed by atoms with Crippen molar-refractivity contribution in [2.45, 2.75) is 32.2 Å².